The Labute approximate surface area is 64.7 Å². The van der Waals surface area contributed by atoms with Crippen molar-refractivity contribution in [2.45, 2.75) is 20.0 Å². The molecule has 0 radical (unpaired) electrons. The Kier molecular flexibility index (Phi) is 2.31. The van der Waals surface area contributed by atoms with Crippen molar-refractivity contribution < 1.29 is 0 Å². The number of hydrogen-bond acceptors (Lipinski definition) is 1. The minimum absolute atomic E-state index is 0.959. The third-order valence-corrected chi connectivity index (χ3v) is 4.29. The molecule has 1 aliphatic heterocycles. The van der Waals surface area contributed by atoms with E-state index < -0.39 is 8.07 Å². The van der Waals surface area contributed by atoms with Gasteiger partial charge in [0.15, 0.2) is 0 Å². The van der Waals surface area contributed by atoms with Gasteiger partial charge >= 0.3 is 0 Å². The van der Waals surface area contributed by atoms with Gasteiger partial charge in [0.25, 0.3) is 0 Å². The molecule has 0 bridgehead atoms. The average Bonchev–Trinajstić information content (AvgIpc) is 2.48. The molecule has 1 nitrogen and oxygen atoms in total. The van der Waals surface area contributed by atoms with E-state index in [1.54, 1.807) is 0 Å². The van der Waals surface area contributed by atoms with E-state index in [4.69, 9.17) is 0 Å². The Morgan fingerprint density at radius 2 is 2.00 bits per heavy atom. The van der Waals surface area contributed by atoms with Crippen LogP contribution < -0.4 is 0 Å². The molecular formula is C8H17NSi. The monoisotopic (exact) mass is 155 g/mol. The molecule has 0 aromatic rings. The Balaban J connectivity index is 2.32. The molecule has 0 atom stereocenters. The largest absolute Gasteiger partial charge is 0.303 e. The Morgan fingerprint density at radius 1 is 1.40 bits per heavy atom. The van der Waals surface area contributed by atoms with Crippen molar-refractivity contribution in [1.29, 1.82) is 0 Å². The van der Waals surface area contributed by atoms with E-state index in [-0.39, 0.29) is 0 Å². The van der Waals surface area contributed by atoms with Crippen molar-refractivity contribution >= 4 is 8.07 Å². The van der Waals surface area contributed by atoms with Crippen LogP contribution in [0.2, 0.25) is 13.1 Å². The first-order valence-electron chi connectivity index (χ1n) is 4.00. The van der Waals surface area contributed by atoms with Gasteiger partial charge in [0.2, 0.25) is 0 Å². The third-order valence-electron chi connectivity index (χ3n) is 1.79. The molecule has 1 fully saturated rings. The van der Waals surface area contributed by atoms with Gasteiger partial charge in [-0.2, -0.15) is 0 Å². The smallest absolute Gasteiger partial charge is 0.0857 e. The van der Waals surface area contributed by atoms with E-state index >= 15 is 0 Å². The molecule has 1 heterocycles. The molecule has 0 amide bonds. The van der Waals surface area contributed by atoms with Gasteiger partial charge in [0.1, 0.15) is 0 Å². The van der Waals surface area contributed by atoms with Crippen LogP contribution in [0.4, 0.5) is 0 Å². The lowest BCUT2D eigenvalue weighted by atomic mass is 10.8. The first-order valence-corrected chi connectivity index (χ1v) is 7.29. The predicted molar refractivity (Wildman–Crippen MR) is 48.7 cm³/mol. The van der Waals surface area contributed by atoms with E-state index in [1.165, 1.54) is 19.3 Å². The Morgan fingerprint density at radius 3 is 2.40 bits per heavy atom. The quantitative estimate of drug-likeness (QED) is 0.442. The fourth-order valence-electron chi connectivity index (χ4n) is 1.31. The summed E-state index contributed by atoms with van der Waals surface area (Å²) in [5.74, 6) is 0. The van der Waals surface area contributed by atoms with Crippen LogP contribution in [0.15, 0.2) is 11.8 Å². The molecule has 10 heavy (non-hydrogen) atoms. The van der Waals surface area contributed by atoms with Gasteiger partial charge < -0.3 is 4.90 Å². The SMILES string of the molecule is C/C=C\[Si](C)(C)CN1CC1. The van der Waals surface area contributed by atoms with Gasteiger partial charge in [-0.3, -0.25) is 0 Å². The second-order valence-electron chi connectivity index (χ2n) is 3.76. The molecule has 0 spiro atoms. The molecule has 58 valence electrons. The maximum absolute atomic E-state index is 2.52. The molecule has 1 saturated heterocycles. The number of hydrogen-bond donors (Lipinski definition) is 0. The normalized spacial score (nSPS) is 20.3. The van der Waals surface area contributed by atoms with Crippen molar-refractivity contribution in [2.75, 3.05) is 19.3 Å². The van der Waals surface area contributed by atoms with Crippen LogP contribution in [0.25, 0.3) is 0 Å². The minimum atomic E-state index is -0.959. The fraction of sp³-hybridized carbons (Fsp3) is 0.750. The molecule has 0 N–H and O–H groups in total. The van der Waals surface area contributed by atoms with Gasteiger partial charge in [-0.25, -0.2) is 0 Å². The van der Waals surface area contributed by atoms with Crippen molar-refractivity contribution in [1.82, 2.24) is 4.90 Å². The maximum atomic E-state index is 2.52. The molecule has 0 saturated carbocycles. The van der Waals surface area contributed by atoms with Crippen LogP contribution in [-0.4, -0.2) is 32.2 Å². The van der Waals surface area contributed by atoms with E-state index in [0.717, 1.165) is 0 Å². The average molecular weight is 155 g/mol. The minimum Gasteiger partial charge on any atom is -0.303 e. The van der Waals surface area contributed by atoms with Crippen LogP contribution in [0.5, 0.6) is 0 Å². The van der Waals surface area contributed by atoms with Crippen LogP contribution in [-0.2, 0) is 0 Å². The van der Waals surface area contributed by atoms with E-state index in [0.29, 0.717) is 0 Å². The van der Waals surface area contributed by atoms with Gasteiger partial charge in [-0.1, -0.05) is 24.9 Å². The van der Waals surface area contributed by atoms with Gasteiger partial charge in [-0.05, 0) is 13.1 Å². The number of allylic oxidation sites excluding steroid dienone is 1. The highest BCUT2D eigenvalue weighted by molar-refractivity contribution is 6.82. The molecular weight excluding hydrogens is 138 g/mol. The zero-order valence-electron chi connectivity index (χ0n) is 7.22. The molecule has 0 aromatic carbocycles. The summed E-state index contributed by atoms with van der Waals surface area (Å²) in [5.41, 5.74) is 2.42. The van der Waals surface area contributed by atoms with Gasteiger partial charge in [0, 0.05) is 13.1 Å². The highest BCUT2D eigenvalue weighted by Gasteiger charge is 2.26. The van der Waals surface area contributed by atoms with E-state index in [9.17, 15) is 0 Å². The molecule has 0 unspecified atom stereocenters. The zero-order chi connectivity index (χ0) is 7.61. The molecule has 1 rings (SSSR count). The second kappa shape index (κ2) is 2.89. The highest BCUT2D eigenvalue weighted by atomic mass is 28.3. The van der Waals surface area contributed by atoms with Crippen LogP contribution in [0.1, 0.15) is 6.92 Å². The lowest BCUT2D eigenvalue weighted by Crippen LogP contribution is -2.33. The van der Waals surface area contributed by atoms with Crippen LogP contribution in [0.3, 0.4) is 0 Å². The van der Waals surface area contributed by atoms with Crippen molar-refractivity contribution in [3.8, 4) is 0 Å². The van der Waals surface area contributed by atoms with E-state index in [2.05, 4.69) is 36.7 Å². The lowest BCUT2D eigenvalue weighted by molar-refractivity contribution is 0.650. The molecule has 0 aliphatic carbocycles. The Hall–Kier alpha value is -0.0831. The number of nitrogens with zero attached hydrogens (tertiary/aromatic N) is 1. The summed E-state index contributed by atoms with van der Waals surface area (Å²) >= 11 is 0. The predicted octanol–water partition coefficient (Wildman–Crippen LogP) is 1.66. The van der Waals surface area contributed by atoms with Gasteiger partial charge in [-0.15, -0.1) is 0 Å². The number of rotatable bonds is 3. The summed E-state index contributed by atoms with van der Waals surface area (Å²) in [6.45, 7) is 9.65. The summed E-state index contributed by atoms with van der Waals surface area (Å²) in [4.78, 5) is 2.52. The molecule has 2 heteroatoms. The first-order chi connectivity index (χ1) is 4.64. The fourth-order valence-corrected chi connectivity index (χ4v) is 3.79. The summed E-state index contributed by atoms with van der Waals surface area (Å²) in [6, 6.07) is 0. The second-order valence-corrected chi connectivity index (χ2v) is 8.39. The topological polar surface area (TPSA) is 3.01 Å². The third kappa shape index (κ3) is 2.67. The van der Waals surface area contributed by atoms with Crippen molar-refractivity contribution in [3.63, 3.8) is 0 Å². The molecule has 0 aromatic heterocycles. The van der Waals surface area contributed by atoms with Gasteiger partial charge in [0.05, 0.1) is 8.07 Å². The highest BCUT2D eigenvalue weighted by Crippen LogP contribution is 2.12. The zero-order valence-corrected chi connectivity index (χ0v) is 8.22. The summed E-state index contributed by atoms with van der Waals surface area (Å²) in [7, 11) is -0.959. The summed E-state index contributed by atoms with van der Waals surface area (Å²) in [5, 5.41) is 0. The molecule has 1 aliphatic rings. The summed E-state index contributed by atoms with van der Waals surface area (Å²) < 4.78 is 0. The summed E-state index contributed by atoms with van der Waals surface area (Å²) in [6.07, 6.45) is 3.56. The lowest BCUT2D eigenvalue weighted by Gasteiger charge is -2.17. The van der Waals surface area contributed by atoms with E-state index in [1.807, 2.05) is 0 Å². The van der Waals surface area contributed by atoms with Crippen LogP contribution in [0, 0.1) is 0 Å². The standard InChI is InChI=1S/C8H17NSi/c1-4-7-10(2,3)8-9-5-6-9/h4,7H,5-6,8H2,1-3H3/b7-4-. The Bertz CT molecular complexity index is 136. The first kappa shape index (κ1) is 8.02. The maximum Gasteiger partial charge on any atom is 0.0857 e. The van der Waals surface area contributed by atoms with Crippen molar-refractivity contribution in [2.24, 2.45) is 0 Å². The van der Waals surface area contributed by atoms with Crippen LogP contribution >= 0.6 is 0 Å². The van der Waals surface area contributed by atoms with Crippen molar-refractivity contribution in [3.05, 3.63) is 11.8 Å².